The number of nitrogens with zero attached hydrogens (tertiary/aromatic N) is 1. The topological polar surface area (TPSA) is 41.6 Å². The van der Waals surface area contributed by atoms with Crippen molar-refractivity contribution in [1.82, 2.24) is 10.2 Å². The summed E-state index contributed by atoms with van der Waals surface area (Å²) in [6, 6.07) is 10.4. The van der Waals surface area contributed by atoms with Crippen LogP contribution in [0, 0.1) is 5.92 Å². The van der Waals surface area contributed by atoms with Crippen molar-refractivity contribution in [1.29, 1.82) is 0 Å². The summed E-state index contributed by atoms with van der Waals surface area (Å²) in [5, 5.41) is 3.12. The highest BCUT2D eigenvalue weighted by molar-refractivity contribution is 5.74. The Bertz CT molecular complexity index is 470. The molecule has 0 radical (unpaired) electrons. The van der Waals surface area contributed by atoms with E-state index in [2.05, 4.69) is 43.4 Å². The number of rotatable bonds is 7. The SMILES string of the molecule is CCN(CC1CCCO1)C(=O)NCC(c1ccccc1)C(C)C. The Morgan fingerprint density at radius 3 is 2.65 bits per heavy atom. The fraction of sp³-hybridized carbons (Fsp3) is 0.632. The van der Waals surface area contributed by atoms with Crippen molar-refractivity contribution in [3.05, 3.63) is 35.9 Å². The lowest BCUT2D eigenvalue weighted by atomic mass is 9.88. The van der Waals surface area contributed by atoms with E-state index in [4.69, 9.17) is 4.74 Å². The molecule has 0 saturated carbocycles. The third-order valence-electron chi connectivity index (χ3n) is 4.62. The summed E-state index contributed by atoms with van der Waals surface area (Å²) in [5.41, 5.74) is 1.28. The summed E-state index contributed by atoms with van der Waals surface area (Å²) >= 11 is 0. The van der Waals surface area contributed by atoms with Gasteiger partial charge >= 0.3 is 6.03 Å². The zero-order chi connectivity index (χ0) is 16.7. The van der Waals surface area contributed by atoms with Crippen molar-refractivity contribution in [2.24, 2.45) is 5.92 Å². The normalized spacial score (nSPS) is 18.9. The van der Waals surface area contributed by atoms with E-state index in [-0.39, 0.29) is 12.1 Å². The summed E-state index contributed by atoms with van der Waals surface area (Å²) in [5.74, 6) is 0.813. The molecular weight excluding hydrogens is 288 g/mol. The largest absolute Gasteiger partial charge is 0.376 e. The molecule has 2 atom stereocenters. The van der Waals surface area contributed by atoms with Gasteiger partial charge in [-0.3, -0.25) is 0 Å². The average Bonchev–Trinajstić information content (AvgIpc) is 3.06. The number of ether oxygens (including phenoxy) is 1. The molecule has 1 aromatic carbocycles. The molecule has 0 aliphatic carbocycles. The maximum Gasteiger partial charge on any atom is 0.317 e. The van der Waals surface area contributed by atoms with Gasteiger partial charge in [0.25, 0.3) is 0 Å². The Morgan fingerprint density at radius 1 is 1.35 bits per heavy atom. The molecule has 4 nitrogen and oxygen atoms in total. The van der Waals surface area contributed by atoms with E-state index in [9.17, 15) is 4.79 Å². The average molecular weight is 318 g/mol. The first-order valence-electron chi connectivity index (χ1n) is 8.81. The Balaban J connectivity index is 1.89. The molecule has 23 heavy (non-hydrogen) atoms. The number of benzene rings is 1. The van der Waals surface area contributed by atoms with Gasteiger partial charge in [-0.25, -0.2) is 4.79 Å². The van der Waals surface area contributed by atoms with Gasteiger partial charge < -0.3 is 15.0 Å². The van der Waals surface area contributed by atoms with Crippen LogP contribution in [0.5, 0.6) is 0 Å². The third-order valence-corrected chi connectivity index (χ3v) is 4.62. The van der Waals surface area contributed by atoms with Crippen molar-refractivity contribution < 1.29 is 9.53 Å². The molecule has 2 unspecified atom stereocenters. The van der Waals surface area contributed by atoms with Crippen LogP contribution >= 0.6 is 0 Å². The first-order chi connectivity index (χ1) is 11.1. The Kier molecular flexibility index (Phi) is 6.90. The predicted molar refractivity (Wildman–Crippen MR) is 93.6 cm³/mol. The lowest BCUT2D eigenvalue weighted by Gasteiger charge is -2.27. The van der Waals surface area contributed by atoms with Crippen LogP contribution in [0.3, 0.4) is 0 Å². The minimum Gasteiger partial charge on any atom is -0.376 e. The van der Waals surface area contributed by atoms with Crippen LogP contribution in [0.25, 0.3) is 0 Å². The smallest absolute Gasteiger partial charge is 0.317 e. The second-order valence-corrected chi connectivity index (χ2v) is 6.62. The molecule has 1 N–H and O–H groups in total. The monoisotopic (exact) mass is 318 g/mol. The van der Waals surface area contributed by atoms with E-state index in [0.717, 1.165) is 19.4 Å². The predicted octanol–water partition coefficient (Wildman–Crippen LogP) is 3.64. The highest BCUT2D eigenvalue weighted by Crippen LogP contribution is 2.23. The molecule has 1 aliphatic heterocycles. The molecule has 0 spiro atoms. The summed E-state index contributed by atoms with van der Waals surface area (Å²) in [4.78, 5) is 14.3. The standard InChI is InChI=1S/C19H30N2O2/c1-4-21(14-17-11-8-12-23-17)19(22)20-13-18(15(2)3)16-9-6-5-7-10-16/h5-7,9-10,15,17-18H,4,8,11-14H2,1-3H3,(H,20,22). The van der Waals surface area contributed by atoms with Crippen LogP contribution in [0.4, 0.5) is 4.79 Å². The lowest BCUT2D eigenvalue weighted by molar-refractivity contribution is 0.0825. The molecule has 1 heterocycles. The third kappa shape index (κ3) is 5.24. The summed E-state index contributed by atoms with van der Waals surface area (Å²) in [6.45, 7) is 9.33. The van der Waals surface area contributed by atoms with Crippen LogP contribution < -0.4 is 5.32 Å². The van der Waals surface area contributed by atoms with Gasteiger partial charge in [-0.1, -0.05) is 44.2 Å². The van der Waals surface area contributed by atoms with Crippen LogP contribution in [-0.4, -0.2) is 43.3 Å². The second-order valence-electron chi connectivity index (χ2n) is 6.62. The molecule has 4 heteroatoms. The van der Waals surface area contributed by atoms with Crippen LogP contribution in [-0.2, 0) is 4.74 Å². The minimum atomic E-state index is 0.0181. The zero-order valence-electron chi connectivity index (χ0n) is 14.6. The molecule has 1 aliphatic rings. The molecule has 0 bridgehead atoms. The fourth-order valence-electron chi connectivity index (χ4n) is 3.14. The number of carbonyl (C=O) groups is 1. The number of likely N-dealkylation sites (N-methyl/N-ethyl adjacent to an activating group) is 1. The highest BCUT2D eigenvalue weighted by atomic mass is 16.5. The van der Waals surface area contributed by atoms with Crippen LogP contribution in [0.2, 0.25) is 0 Å². The Labute approximate surface area is 140 Å². The van der Waals surface area contributed by atoms with E-state index in [0.29, 0.717) is 31.5 Å². The van der Waals surface area contributed by atoms with Gasteiger partial charge in [0, 0.05) is 32.2 Å². The maximum atomic E-state index is 12.5. The van der Waals surface area contributed by atoms with E-state index in [1.54, 1.807) is 0 Å². The molecule has 1 aromatic rings. The maximum absolute atomic E-state index is 12.5. The van der Waals surface area contributed by atoms with Crippen molar-refractivity contribution in [2.45, 2.75) is 45.6 Å². The Hall–Kier alpha value is -1.55. The van der Waals surface area contributed by atoms with E-state index in [1.807, 2.05) is 17.9 Å². The van der Waals surface area contributed by atoms with E-state index >= 15 is 0 Å². The second kappa shape index (κ2) is 8.92. The quantitative estimate of drug-likeness (QED) is 0.834. The van der Waals surface area contributed by atoms with Crippen molar-refractivity contribution in [3.63, 3.8) is 0 Å². The Morgan fingerprint density at radius 2 is 2.09 bits per heavy atom. The van der Waals surface area contributed by atoms with Gasteiger partial charge in [0.05, 0.1) is 6.10 Å². The number of urea groups is 1. The van der Waals surface area contributed by atoms with Crippen LogP contribution in [0.15, 0.2) is 30.3 Å². The summed E-state index contributed by atoms with van der Waals surface area (Å²) < 4.78 is 5.65. The first-order valence-corrected chi connectivity index (χ1v) is 8.81. The van der Waals surface area contributed by atoms with Gasteiger partial charge in [0.1, 0.15) is 0 Å². The zero-order valence-corrected chi connectivity index (χ0v) is 14.6. The fourth-order valence-corrected chi connectivity index (χ4v) is 3.14. The van der Waals surface area contributed by atoms with E-state index in [1.165, 1.54) is 5.56 Å². The molecular formula is C19H30N2O2. The molecule has 1 fully saturated rings. The van der Waals surface area contributed by atoms with Crippen molar-refractivity contribution in [2.75, 3.05) is 26.2 Å². The number of carbonyl (C=O) groups excluding carboxylic acids is 1. The van der Waals surface area contributed by atoms with Gasteiger partial charge in [0.2, 0.25) is 0 Å². The van der Waals surface area contributed by atoms with Gasteiger partial charge in [-0.05, 0) is 31.2 Å². The molecule has 1 saturated heterocycles. The van der Waals surface area contributed by atoms with Crippen molar-refractivity contribution >= 4 is 6.03 Å². The van der Waals surface area contributed by atoms with E-state index < -0.39 is 0 Å². The highest BCUT2D eigenvalue weighted by Gasteiger charge is 2.23. The van der Waals surface area contributed by atoms with Crippen molar-refractivity contribution in [3.8, 4) is 0 Å². The number of amides is 2. The van der Waals surface area contributed by atoms with Gasteiger partial charge in [0.15, 0.2) is 0 Å². The summed E-state index contributed by atoms with van der Waals surface area (Å²) in [7, 11) is 0. The molecule has 128 valence electrons. The number of nitrogens with one attached hydrogen (secondary N) is 1. The molecule has 2 amide bonds. The van der Waals surface area contributed by atoms with Gasteiger partial charge in [-0.2, -0.15) is 0 Å². The van der Waals surface area contributed by atoms with Crippen LogP contribution in [0.1, 0.15) is 45.1 Å². The molecule has 2 rings (SSSR count). The number of hydrogen-bond acceptors (Lipinski definition) is 2. The molecule has 0 aromatic heterocycles. The lowest BCUT2D eigenvalue weighted by Crippen LogP contribution is -2.45. The minimum absolute atomic E-state index is 0.0181. The summed E-state index contributed by atoms with van der Waals surface area (Å²) in [6.07, 6.45) is 2.37. The first kappa shape index (κ1) is 17.8. The van der Waals surface area contributed by atoms with Gasteiger partial charge in [-0.15, -0.1) is 0 Å². The number of hydrogen-bond donors (Lipinski definition) is 1.